The second-order valence-corrected chi connectivity index (χ2v) is 9.59. The quantitative estimate of drug-likeness (QED) is 0.477. The van der Waals surface area contributed by atoms with Crippen molar-refractivity contribution >= 4 is 23.3 Å². The summed E-state index contributed by atoms with van der Waals surface area (Å²) in [5.74, 6) is 0.825. The number of carbonyl (C=O) groups is 1. The second-order valence-electron chi connectivity index (χ2n) is 9.24. The zero-order valence-electron chi connectivity index (χ0n) is 19.6. The molecule has 1 aliphatic carbocycles. The maximum atomic E-state index is 13.8. The van der Waals surface area contributed by atoms with E-state index in [2.05, 4.69) is 25.3 Å². The maximum absolute atomic E-state index is 13.8. The molecule has 3 aromatic rings. The molecular formula is C25H21ClF3N7O. The molecular weight excluding hydrogens is 507 g/mol. The lowest BCUT2D eigenvalue weighted by molar-refractivity contribution is -0.137. The highest BCUT2D eigenvalue weighted by Crippen LogP contribution is 2.47. The number of piperidine rings is 1. The minimum absolute atomic E-state index is 0.117. The molecule has 2 fully saturated rings. The van der Waals surface area contributed by atoms with Gasteiger partial charge >= 0.3 is 6.18 Å². The van der Waals surface area contributed by atoms with Crippen molar-refractivity contribution in [1.29, 1.82) is 5.26 Å². The number of nitrogens with one attached hydrogen (secondary N) is 1. The van der Waals surface area contributed by atoms with Gasteiger partial charge in [0, 0.05) is 37.2 Å². The topological polar surface area (TPSA) is 108 Å². The molecule has 3 atom stereocenters. The molecule has 3 unspecified atom stereocenters. The van der Waals surface area contributed by atoms with Crippen LogP contribution in [0.25, 0.3) is 11.4 Å². The molecule has 37 heavy (non-hydrogen) atoms. The van der Waals surface area contributed by atoms with Crippen molar-refractivity contribution in [2.24, 2.45) is 11.8 Å². The summed E-state index contributed by atoms with van der Waals surface area (Å²) in [6.45, 7) is 2.47. The summed E-state index contributed by atoms with van der Waals surface area (Å²) in [4.78, 5) is 32.5. The third-order valence-corrected chi connectivity index (χ3v) is 7.01. The molecule has 2 aliphatic rings. The van der Waals surface area contributed by atoms with Crippen molar-refractivity contribution < 1.29 is 18.0 Å². The predicted molar refractivity (Wildman–Crippen MR) is 128 cm³/mol. The lowest BCUT2D eigenvalue weighted by atomic mass is 10.00. The first-order valence-corrected chi connectivity index (χ1v) is 12.0. The van der Waals surface area contributed by atoms with E-state index in [4.69, 9.17) is 16.9 Å². The number of fused-ring (bicyclic) bond motifs is 1. The summed E-state index contributed by atoms with van der Waals surface area (Å²) in [7, 11) is 0. The van der Waals surface area contributed by atoms with Crippen LogP contribution in [0.2, 0.25) is 5.15 Å². The normalized spacial score (nSPS) is 20.6. The Balaban J connectivity index is 1.42. The molecule has 3 aromatic heterocycles. The Morgan fingerprint density at radius 2 is 1.97 bits per heavy atom. The number of hydrogen-bond donors (Lipinski definition) is 1. The fraction of sp³-hybridized carbons (Fsp3) is 0.360. The van der Waals surface area contributed by atoms with Gasteiger partial charge in [-0.1, -0.05) is 11.6 Å². The van der Waals surface area contributed by atoms with E-state index in [0.29, 0.717) is 41.9 Å². The third-order valence-electron chi connectivity index (χ3n) is 6.73. The molecule has 0 bridgehead atoms. The highest BCUT2D eigenvalue weighted by atomic mass is 35.5. The minimum atomic E-state index is -4.77. The number of nitrogens with zero attached hydrogens (tertiary/aromatic N) is 6. The first-order chi connectivity index (χ1) is 17.7. The smallest absolute Gasteiger partial charge is 0.368 e. The minimum Gasteiger partial charge on any atom is -0.368 e. The monoisotopic (exact) mass is 527 g/mol. The van der Waals surface area contributed by atoms with Crippen molar-refractivity contribution in [3.8, 4) is 17.5 Å². The van der Waals surface area contributed by atoms with Crippen LogP contribution in [0.5, 0.6) is 0 Å². The number of aromatic nitrogens is 4. The third kappa shape index (κ3) is 5.06. The summed E-state index contributed by atoms with van der Waals surface area (Å²) in [6, 6.07) is 7.16. The molecule has 4 heterocycles. The lowest BCUT2D eigenvalue weighted by Crippen LogP contribution is -2.48. The number of nitriles is 1. The van der Waals surface area contributed by atoms with E-state index in [-0.39, 0.29) is 30.0 Å². The van der Waals surface area contributed by atoms with Crippen LogP contribution in [-0.2, 0) is 6.18 Å². The van der Waals surface area contributed by atoms with Gasteiger partial charge in [-0.2, -0.15) is 18.4 Å². The molecule has 12 heteroatoms. The number of hydrogen-bond acceptors (Lipinski definition) is 7. The van der Waals surface area contributed by atoms with E-state index >= 15 is 0 Å². The van der Waals surface area contributed by atoms with Gasteiger partial charge in [-0.3, -0.25) is 4.79 Å². The highest BCUT2D eigenvalue weighted by Gasteiger charge is 2.47. The lowest BCUT2D eigenvalue weighted by Gasteiger charge is -2.36. The molecule has 0 aromatic carbocycles. The van der Waals surface area contributed by atoms with Crippen molar-refractivity contribution in [1.82, 2.24) is 24.8 Å². The zero-order chi connectivity index (χ0) is 26.3. The number of rotatable bonds is 5. The fourth-order valence-corrected chi connectivity index (χ4v) is 5.01. The van der Waals surface area contributed by atoms with Crippen LogP contribution in [0, 0.1) is 30.1 Å². The molecule has 190 valence electrons. The van der Waals surface area contributed by atoms with E-state index in [1.807, 2.05) is 0 Å². The summed E-state index contributed by atoms with van der Waals surface area (Å²) in [5.41, 5.74) is -0.482. The van der Waals surface area contributed by atoms with E-state index in [1.165, 1.54) is 6.07 Å². The number of pyridine rings is 2. The van der Waals surface area contributed by atoms with Crippen LogP contribution >= 0.6 is 11.6 Å². The van der Waals surface area contributed by atoms with Crippen LogP contribution in [-0.4, -0.2) is 49.9 Å². The standard InChI is InChI=1S/C25H21ClF3N7O/c1-13-3-4-17(23-31-5-2-6-32-23)21(34-13)24(37)36-12-15-7-14(15)8-16(36)11-33-20-9-19(25(27,28)29)18(10-30)22(26)35-20/h2-6,9,14-16H,7-8,11-12H2,1H3,(H,33,35). The molecule has 1 N–H and O–H groups in total. The van der Waals surface area contributed by atoms with E-state index in [9.17, 15) is 18.0 Å². The Kier molecular flexibility index (Phi) is 6.45. The van der Waals surface area contributed by atoms with Crippen LogP contribution in [0.1, 0.15) is 40.2 Å². The van der Waals surface area contributed by atoms with Crippen molar-refractivity contribution in [2.45, 2.75) is 32.0 Å². The number of amides is 1. The van der Waals surface area contributed by atoms with Gasteiger partial charge in [-0.05, 0) is 55.9 Å². The van der Waals surface area contributed by atoms with Gasteiger partial charge in [-0.25, -0.2) is 19.9 Å². The number of anilines is 1. The van der Waals surface area contributed by atoms with Crippen LogP contribution < -0.4 is 5.32 Å². The molecule has 1 aliphatic heterocycles. The van der Waals surface area contributed by atoms with E-state index in [1.54, 1.807) is 42.4 Å². The van der Waals surface area contributed by atoms with E-state index < -0.39 is 22.5 Å². The van der Waals surface area contributed by atoms with Crippen LogP contribution in [0.3, 0.4) is 0 Å². The first-order valence-electron chi connectivity index (χ1n) is 11.6. The van der Waals surface area contributed by atoms with Gasteiger partial charge in [0.25, 0.3) is 5.91 Å². The number of halogens is 4. The summed E-state index contributed by atoms with van der Waals surface area (Å²) >= 11 is 5.88. The average molecular weight is 528 g/mol. The highest BCUT2D eigenvalue weighted by molar-refractivity contribution is 6.30. The largest absolute Gasteiger partial charge is 0.417 e. The molecule has 0 spiro atoms. The van der Waals surface area contributed by atoms with Gasteiger partial charge < -0.3 is 10.2 Å². The molecule has 8 nitrogen and oxygen atoms in total. The summed E-state index contributed by atoms with van der Waals surface area (Å²) < 4.78 is 40.4. The van der Waals surface area contributed by atoms with Gasteiger partial charge in [0.05, 0.1) is 11.1 Å². The molecule has 1 amide bonds. The number of carbonyl (C=O) groups excluding carboxylic acids is 1. The maximum Gasteiger partial charge on any atom is 0.417 e. The molecule has 1 saturated carbocycles. The number of alkyl halides is 3. The predicted octanol–water partition coefficient (Wildman–Crippen LogP) is 4.75. The van der Waals surface area contributed by atoms with Gasteiger partial charge in [0.15, 0.2) is 5.82 Å². The zero-order valence-corrected chi connectivity index (χ0v) is 20.4. The fourth-order valence-electron chi connectivity index (χ4n) is 4.77. The first kappa shape index (κ1) is 24.9. The number of likely N-dealkylation sites (tertiary alicyclic amines) is 1. The van der Waals surface area contributed by atoms with Crippen LogP contribution in [0.4, 0.5) is 19.0 Å². The van der Waals surface area contributed by atoms with Crippen LogP contribution in [0.15, 0.2) is 36.7 Å². The van der Waals surface area contributed by atoms with Crippen molar-refractivity contribution in [3.05, 3.63) is 64.3 Å². The van der Waals surface area contributed by atoms with Gasteiger partial charge in [0.2, 0.25) is 0 Å². The SMILES string of the molecule is Cc1ccc(-c2ncccn2)c(C(=O)N2CC3CC3CC2CNc2cc(C(F)(F)F)c(C#N)c(Cl)n2)n1. The molecule has 1 saturated heterocycles. The van der Waals surface area contributed by atoms with E-state index in [0.717, 1.165) is 12.5 Å². The van der Waals surface area contributed by atoms with Crippen molar-refractivity contribution in [3.63, 3.8) is 0 Å². The number of aryl methyl sites for hydroxylation is 1. The summed E-state index contributed by atoms with van der Waals surface area (Å²) in [6.07, 6.45) is 0.0976. The Labute approximate surface area is 215 Å². The Morgan fingerprint density at radius 1 is 1.22 bits per heavy atom. The van der Waals surface area contributed by atoms with Gasteiger partial charge in [-0.15, -0.1) is 0 Å². The Hall–Kier alpha value is -3.78. The second kappa shape index (κ2) is 9.59. The Bertz CT molecular complexity index is 1390. The average Bonchev–Trinajstić information content (AvgIpc) is 3.64. The Morgan fingerprint density at radius 3 is 2.68 bits per heavy atom. The molecule has 0 radical (unpaired) electrons. The van der Waals surface area contributed by atoms with Gasteiger partial charge in [0.1, 0.15) is 28.3 Å². The van der Waals surface area contributed by atoms with Crippen molar-refractivity contribution in [2.75, 3.05) is 18.4 Å². The summed E-state index contributed by atoms with van der Waals surface area (Å²) in [5, 5.41) is 11.5. The molecule has 5 rings (SSSR count).